The second kappa shape index (κ2) is 7.24. The van der Waals surface area contributed by atoms with Gasteiger partial charge >= 0.3 is 0 Å². The van der Waals surface area contributed by atoms with E-state index >= 15 is 0 Å². The largest absolute Gasteiger partial charge is 0.317 e. The topological polar surface area (TPSA) is 12.0 Å². The zero-order chi connectivity index (χ0) is 11.8. The molecule has 0 aliphatic rings. The summed E-state index contributed by atoms with van der Waals surface area (Å²) in [5.41, 5.74) is 2.88. The molecule has 16 heavy (non-hydrogen) atoms. The summed E-state index contributed by atoms with van der Waals surface area (Å²) in [5.74, 6) is 0. The van der Waals surface area contributed by atoms with Crippen LogP contribution in [0.1, 0.15) is 30.4 Å². The molecule has 88 valence electrons. The molecule has 0 heterocycles. The highest BCUT2D eigenvalue weighted by molar-refractivity contribution is 5.25. The second-order valence-corrected chi connectivity index (χ2v) is 4.32. The van der Waals surface area contributed by atoms with Crippen LogP contribution in [-0.2, 0) is 6.42 Å². The van der Waals surface area contributed by atoms with Crippen molar-refractivity contribution in [2.24, 2.45) is 0 Å². The fraction of sp³-hybridized carbons (Fsp3) is 0.467. The van der Waals surface area contributed by atoms with Crippen molar-refractivity contribution in [2.75, 3.05) is 7.05 Å². The Morgan fingerprint density at radius 2 is 2.06 bits per heavy atom. The van der Waals surface area contributed by atoms with E-state index in [-0.39, 0.29) is 0 Å². The molecule has 0 radical (unpaired) electrons. The highest BCUT2D eigenvalue weighted by Crippen LogP contribution is 2.12. The van der Waals surface area contributed by atoms with Gasteiger partial charge in [0.2, 0.25) is 0 Å². The van der Waals surface area contributed by atoms with E-state index in [2.05, 4.69) is 43.1 Å². The van der Waals surface area contributed by atoms with E-state index in [0.717, 1.165) is 12.8 Å². The SMILES string of the molecule is C=CCCC(CCc1ccccc1C)NC. The number of hydrogen-bond acceptors (Lipinski definition) is 1. The Labute approximate surface area is 99.6 Å². The Balaban J connectivity index is 2.43. The first-order chi connectivity index (χ1) is 7.77. The minimum Gasteiger partial charge on any atom is -0.317 e. The summed E-state index contributed by atoms with van der Waals surface area (Å²) in [6, 6.07) is 9.26. The van der Waals surface area contributed by atoms with E-state index in [1.165, 1.54) is 24.0 Å². The molecule has 1 heteroatoms. The lowest BCUT2D eigenvalue weighted by Gasteiger charge is -2.15. The van der Waals surface area contributed by atoms with E-state index in [4.69, 9.17) is 0 Å². The number of rotatable bonds is 7. The van der Waals surface area contributed by atoms with Gasteiger partial charge in [-0.15, -0.1) is 6.58 Å². The highest BCUT2D eigenvalue weighted by Gasteiger charge is 2.06. The first-order valence-corrected chi connectivity index (χ1v) is 6.10. The van der Waals surface area contributed by atoms with Crippen LogP contribution in [0.4, 0.5) is 0 Å². The highest BCUT2D eigenvalue weighted by atomic mass is 14.9. The molecule has 0 fully saturated rings. The van der Waals surface area contributed by atoms with Crippen molar-refractivity contribution >= 4 is 0 Å². The van der Waals surface area contributed by atoms with E-state index < -0.39 is 0 Å². The lowest BCUT2D eigenvalue weighted by Crippen LogP contribution is -2.25. The van der Waals surface area contributed by atoms with Crippen LogP contribution < -0.4 is 5.32 Å². The third-order valence-electron chi connectivity index (χ3n) is 3.15. The molecule has 0 aromatic heterocycles. The Kier molecular flexibility index (Phi) is 5.87. The van der Waals surface area contributed by atoms with Crippen molar-refractivity contribution in [3.05, 3.63) is 48.0 Å². The van der Waals surface area contributed by atoms with Crippen molar-refractivity contribution in [2.45, 2.75) is 38.6 Å². The van der Waals surface area contributed by atoms with Gasteiger partial charge in [-0.3, -0.25) is 0 Å². The van der Waals surface area contributed by atoms with Crippen LogP contribution in [0.25, 0.3) is 0 Å². The number of hydrogen-bond donors (Lipinski definition) is 1. The quantitative estimate of drug-likeness (QED) is 0.689. The summed E-state index contributed by atoms with van der Waals surface area (Å²) in [6.45, 7) is 5.96. The third kappa shape index (κ3) is 4.19. The predicted molar refractivity (Wildman–Crippen MR) is 71.8 cm³/mol. The molecule has 0 saturated carbocycles. The average Bonchev–Trinajstić information content (AvgIpc) is 2.31. The number of aryl methyl sites for hydroxylation is 2. The second-order valence-electron chi connectivity index (χ2n) is 4.32. The van der Waals surface area contributed by atoms with Crippen molar-refractivity contribution in [3.63, 3.8) is 0 Å². The Morgan fingerprint density at radius 3 is 2.69 bits per heavy atom. The molecule has 1 N–H and O–H groups in total. The molecule has 1 rings (SSSR count). The van der Waals surface area contributed by atoms with Crippen LogP contribution in [0.3, 0.4) is 0 Å². The fourth-order valence-electron chi connectivity index (χ4n) is 1.97. The van der Waals surface area contributed by atoms with Crippen molar-refractivity contribution in [3.8, 4) is 0 Å². The molecule has 0 spiro atoms. The molecule has 0 aliphatic carbocycles. The standard InChI is InChI=1S/C15H23N/c1-4-5-10-15(16-3)12-11-14-9-7-6-8-13(14)2/h4,6-9,15-16H,1,5,10-12H2,2-3H3. The monoisotopic (exact) mass is 217 g/mol. The molecule has 1 aromatic rings. The number of benzene rings is 1. The number of allylic oxidation sites excluding steroid dienone is 1. The molecule has 1 atom stereocenters. The molecule has 1 nitrogen and oxygen atoms in total. The normalized spacial score (nSPS) is 12.4. The Morgan fingerprint density at radius 1 is 1.31 bits per heavy atom. The molecule has 0 saturated heterocycles. The summed E-state index contributed by atoms with van der Waals surface area (Å²) in [5, 5.41) is 3.38. The fourth-order valence-corrected chi connectivity index (χ4v) is 1.97. The zero-order valence-corrected chi connectivity index (χ0v) is 10.5. The molecule has 1 unspecified atom stereocenters. The molecular weight excluding hydrogens is 194 g/mol. The van der Waals surface area contributed by atoms with Gasteiger partial charge in [0.05, 0.1) is 0 Å². The molecule has 0 aliphatic heterocycles. The smallest absolute Gasteiger partial charge is 0.00701 e. The summed E-state index contributed by atoms with van der Waals surface area (Å²) < 4.78 is 0. The molecule has 1 aromatic carbocycles. The van der Waals surface area contributed by atoms with Gasteiger partial charge in [0.15, 0.2) is 0 Å². The molecule has 0 amide bonds. The van der Waals surface area contributed by atoms with Crippen LogP contribution in [-0.4, -0.2) is 13.1 Å². The summed E-state index contributed by atoms with van der Waals surface area (Å²) in [4.78, 5) is 0. The first kappa shape index (κ1) is 13.0. The van der Waals surface area contributed by atoms with Gasteiger partial charge in [0, 0.05) is 6.04 Å². The lowest BCUT2D eigenvalue weighted by molar-refractivity contribution is 0.493. The summed E-state index contributed by atoms with van der Waals surface area (Å²) in [7, 11) is 2.05. The third-order valence-corrected chi connectivity index (χ3v) is 3.15. The van der Waals surface area contributed by atoms with Crippen LogP contribution in [0.2, 0.25) is 0 Å². The van der Waals surface area contributed by atoms with Gasteiger partial charge in [-0.25, -0.2) is 0 Å². The van der Waals surface area contributed by atoms with Gasteiger partial charge < -0.3 is 5.32 Å². The molecular formula is C15H23N. The average molecular weight is 217 g/mol. The van der Waals surface area contributed by atoms with Gasteiger partial charge in [0.25, 0.3) is 0 Å². The van der Waals surface area contributed by atoms with E-state index in [1.54, 1.807) is 0 Å². The van der Waals surface area contributed by atoms with Crippen molar-refractivity contribution in [1.82, 2.24) is 5.32 Å². The summed E-state index contributed by atoms with van der Waals surface area (Å²) in [6.07, 6.45) is 6.65. The van der Waals surface area contributed by atoms with Gasteiger partial charge in [-0.2, -0.15) is 0 Å². The maximum Gasteiger partial charge on any atom is 0.00701 e. The van der Waals surface area contributed by atoms with Crippen LogP contribution in [0, 0.1) is 6.92 Å². The lowest BCUT2D eigenvalue weighted by atomic mass is 9.99. The first-order valence-electron chi connectivity index (χ1n) is 6.10. The minimum atomic E-state index is 0.609. The van der Waals surface area contributed by atoms with E-state index in [1.807, 2.05) is 13.1 Å². The van der Waals surface area contributed by atoms with E-state index in [0.29, 0.717) is 6.04 Å². The van der Waals surface area contributed by atoms with Gasteiger partial charge in [-0.05, 0) is 50.8 Å². The Bertz CT molecular complexity index is 317. The zero-order valence-electron chi connectivity index (χ0n) is 10.5. The maximum atomic E-state index is 3.77. The number of nitrogens with one attached hydrogen (secondary N) is 1. The predicted octanol–water partition coefficient (Wildman–Crippen LogP) is 3.48. The van der Waals surface area contributed by atoms with E-state index in [9.17, 15) is 0 Å². The van der Waals surface area contributed by atoms with Gasteiger partial charge in [-0.1, -0.05) is 30.3 Å². The molecule has 0 bridgehead atoms. The van der Waals surface area contributed by atoms with Crippen LogP contribution in [0.5, 0.6) is 0 Å². The van der Waals surface area contributed by atoms with Crippen molar-refractivity contribution in [1.29, 1.82) is 0 Å². The Hall–Kier alpha value is -1.08. The van der Waals surface area contributed by atoms with Crippen LogP contribution in [0.15, 0.2) is 36.9 Å². The maximum absolute atomic E-state index is 3.77. The summed E-state index contributed by atoms with van der Waals surface area (Å²) >= 11 is 0. The van der Waals surface area contributed by atoms with Crippen molar-refractivity contribution < 1.29 is 0 Å². The minimum absolute atomic E-state index is 0.609. The van der Waals surface area contributed by atoms with Gasteiger partial charge in [0.1, 0.15) is 0 Å². The van der Waals surface area contributed by atoms with Crippen LogP contribution >= 0.6 is 0 Å².